The van der Waals surface area contributed by atoms with E-state index in [0.29, 0.717) is 0 Å². The van der Waals surface area contributed by atoms with Gasteiger partial charge in [0.1, 0.15) is 11.6 Å². The van der Waals surface area contributed by atoms with Gasteiger partial charge in [-0.1, -0.05) is 26.0 Å². The van der Waals surface area contributed by atoms with E-state index >= 15 is 0 Å². The minimum absolute atomic E-state index is 0.0566. The molecular weight excluding hydrogens is 264 g/mol. The molecule has 2 unspecified atom stereocenters. The van der Waals surface area contributed by atoms with Gasteiger partial charge in [0.15, 0.2) is 5.82 Å². The van der Waals surface area contributed by atoms with Crippen LogP contribution in [0.4, 0.5) is 0 Å². The second-order valence-electron chi connectivity index (χ2n) is 5.14. The Balaban J connectivity index is 2.25. The van der Waals surface area contributed by atoms with Crippen LogP contribution in [0.25, 0.3) is 0 Å². The van der Waals surface area contributed by atoms with Crippen LogP contribution in [0.1, 0.15) is 50.1 Å². The van der Waals surface area contributed by atoms with Crippen molar-refractivity contribution in [3.63, 3.8) is 0 Å². The van der Waals surface area contributed by atoms with Gasteiger partial charge in [-0.2, -0.15) is 5.10 Å². The lowest BCUT2D eigenvalue weighted by molar-refractivity contribution is 0.397. The molecule has 0 fully saturated rings. The van der Waals surface area contributed by atoms with Gasteiger partial charge >= 0.3 is 0 Å². The quantitative estimate of drug-likeness (QED) is 0.887. The molecule has 2 atom stereocenters. The number of rotatable bonds is 6. The van der Waals surface area contributed by atoms with Crippen molar-refractivity contribution in [2.24, 2.45) is 5.73 Å². The lowest BCUT2D eigenvalue weighted by Gasteiger charge is -2.22. The van der Waals surface area contributed by atoms with E-state index in [0.717, 1.165) is 35.8 Å². The van der Waals surface area contributed by atoms with Crippen LogP contribution < -0.4 is 10.5 Å². The number of aromatic nitrogens is 3. The van der Waals surface area contributed by atoms with Crippen LogP contribution in [-0.4, -0.2) is 21.9 Å². The molecule has 0 saturated carbocycles. The Morgan fingerprint density at radius 1 is 1.19 bits per heavy atom. The number of nitrogens with two attached hydrogens (primary N) is 1. The first kappa shape index (κ1) is 15.5. The van der Waals surface area contributed by atoms with E-state index in [1.807, 2.05) is 28.9 Å². The highest BCUT2D eigenvalue weighted by atomic mass is 16.5. The molecule has 0 radical (unpaired) electrons. The predicted molar refractivity (Wildman–Crippen MR) is 83.4 cm³/mol. The highest BCUT2D eigenvalue weighted by Gasteiger charge is 2.21. The Hall–Kier alpha value is -1.88. The Bertz CT molecular complexity index is 576. The molecule has 0 aliphatic carbocycles. The molecule has 2 N–H and O–H groups in total. The standard InChI is InChI=1S/C16H24N4O/c1-5-14-18-15(6-2)20(19-14)11(3)16(17)12-7-9-13(21-4)10-8-12/h7-11,16H,5-6,17H2,1-4H3. The SMILES string of the molecule is CCc1nc(CC)n(C(C)C(N)c2ccc(OC)cc2)n1. The molecule has 0 aliphatic rings. The fraction of sp³-hybridized carbons (Fsp3) is 0.500. The van der Waals surface area contributed by atoms with Gasteiger partial charge in [-0.25, -0.2) is 9.67 Å². The van der Waals surface area contributed by atoms with Crippen molar-refractivity contribution in [1.82, 2.24) is 14.8 Å². The minimum atomic E-state index is -0.132. The maximum absolute atomic E-state index is 6.41. The van der Waals surface area contributed by atoms with Gasteiger partial charge in [0, 0.05) is 12.8 Å². The van der Waals surface area contributed by atoms with Gasteiger partial charge in [-0.3, -0.25) is 0 Å². The zero-order valence-corrected chi connectivity index (χ0v) is 13.2. The number of nitrogens with zero attached hydrogens (tertiary/aromatic N) is 3. The predicted octanol–water partition coefficient (Wildman–Crippen LogP) is 2.67. The van der Waals surface area contributed by atoms with E-state index in [1.165, 1.54) is 0 Å². The second kappa shape index (κ2) is 6.72. The monoisotopic (exact) mass is 288 g/mol. The molecule has 5 heteroatoms. The largest absolute Gasteiger partial charge is 0.497 e. The summed E-state index contributed by atoms with van der Waals surface area (Å²) in [4.78, 5) is 4.55. The molecule has 2 aromatic rings. The molecule has 0 amide bonds. The number of benzene rings is 1. The summed E-state index contributed by atoms with van der Waals surface area (Å²) in [6.45, 7) is 6.24. The van der Waals surface area contributed by atoms with Crippen molar-refractivity contribution in [1.29, 1.82) is 0 Å². The van der Waals surface area contributed by atoms with Crippen LogP contribution >= 0.6 is 0 Å². The first-order valence-corrected chi connectivity index (χ1v) is 7.44. The molecular formula is C16H24N4O. The first-order chi connectivity index (χ1) is 10.1. The summed E-state index contributed by atoms with van der Waals surface area (Å²) in [5.41, 5.74) is 7.48. The summed E-state index contributed by atoms with van der Waals surface area (Å²) < 4.78 is 7.15. The van der Waals surface area contributed by atoms with E-state index in [4.69, 9.17) is 10.5 Å². The van der Waals surface area contributed by atoms with E-state index in [2.05, 4.69) is 30.9 Å². The summed E-state index contributed by atoms with van der Waals surface area (Å²) >= 11 is 0. The average molecular weight is 288 g/mol. The molecule has 0 spiro atoms. The molecule has 0 bridgehead atoms. The molecule has 0 aliphatic heterocycles. The van der Waals surface area contributed by atoms with Crippen LogP contribution in [0.2, 0.25) is 0 Å². The van der Waals surface area contributed by atoms with E-state index < -0.39 is 0 Å². The molecule has 21 heavy (non-hydrogen) atoms. The zero-order chi connectivity index (χ0) is 15.4. The van der Waals surface area contributed by atoms with Crippen molar-refractivity contribution < 1.29 is 4.74 Å². The normalized spacial score (nSPS) is 14.0. The average Bonchev–Trinajstić information content (AvgIpc) is 2.97. The van der Waals surface area contributed by atoms with Crippen LogP contribution in [0.3, 0.4) is 0 Å². The molecule has 2 rings (SSSR count). The van der Waals surface area contributed by atoms with Gasteiger partial charge in [-0.15, -0.1) is 0 Å². The zero-order valence-electron chi connectivity index (χ0n) is 13.2. The van der Waals surface area contributed by atoms with Crippen LogP contribution in [0.15, 0.2) is 24.3 Å². The molecule has 0 saturated heterocycles. The van der Waals surface area contributed by atoms with Crippen LogP contribution in [-0.2, 0) is 12.8 Å². The Kier molecular flexibility index (Phi) is 4.96. The molecule has 1 aromatic heterocycles. The van der Waals surface area contributed by atoms with Gasteiger partial charge in [-0.05, 0) is 24.6 Å². The number of ether oxygens (including phenoxy) is 1. The number of hydrogen-bond donors (Lipinski definition) is 1. The Morgan fingerprint density at radius 2 is 1.86 bits per heavy atom. The van der Waals surface area contributed by atoms with Gasteiger partial charge < -0.3 is 10.5 Å². The first-order valence-electron chi connectivity index (χ1n) is 7.44. The van der Waals surface area contributed by atoms with E-state index in [9.17, 15) is 0 Å². The Morgan fingerprint density at radius 3 is 2.38 bits per heavy atom. The van der Waals surface area contributed by atoms with Crippen molar-refractivity contribution in [2.75, 3.05) is 7.11 Å². The third kappa shape index (κ3) is 3.24. The van der Waals surface area contributed by atoms with Crippen molar-refractivity contribution >= 4 is 0 Å². The lowest BCUT2D eigenvalue weighted by atomic mass is 10.0. The maximum atomic E-state index is 6.41. The molecule has 5 nitrogen and oxygen atoms in total. The third-order valence-electron chi connectivity index (χ3n) is 3.78. The minimum Gasteiger partial charge on any atom is -0.497 e. The van der Waals surface area contributed by atoms with Crippen molar-refractivity contribution in [2.45, 2.75) is 45.7 Å². The maximum Gasteiger partial charge on any atom is 0.150 e. The smallest absolute Gasteiger partial charge is 0.150 e. The lowest BCUT2D eigenvalue weighted by Crippen LogP contribution is -2.24. The summed E-state index contributed by atoms with van der Waals surface area (Å²) in [5, 5.41) is 4.58. The van der Waals surface area contributed by atoms with E-state index in [-0.39, 0.29) is 12.1 Å². The number of hydrogen-bond acceptors (Lipinski definition) is 4. The third-order valence-corrected chi connectivity index (χ3v) is 3.78. The molecule has 1 heterocycles. The number of aryl methyl sites for hydroxylation is 2. The fourth-order valence-electron chi connectivity index (χ4n) is 2.38. The van der Waals surface area contributed by atoms with E-state index in [1.54, 1.807) is 7.11 Å². The van der Waals surface area contributed by atoms with Gasteiger partial charge in [0.2, 0.25) is 0 Å². The van der Waals surface area contributed by atoms with Gasteiger partial charge in [0.25, 0.3) is 0 Å². The summed E-state index contributed by atoms with van der Waals surface area (Å²) in [7, 11) is 1.66. The van der Waals surface area contributed by atoms with Crippen LogP contribution in [0, 0.1) is 0 Å². The highest BCUT2D eigenvalue weighted by molar-refractivity contribution is 5.29. The molecule has 1 aromatic carbocycles. The summed E-state index contributed by atoms with van der Waals surface area (Å²) in [6, 6.07) is 7.80. The molecule has 114 valence electrons. The van der Waals surface area contributed by atoms with Gasteiger partial charge in [0.05, 0.1) is 19.2 Å². The highest BCUT2D eigenvalue weighted by Crippen LogP contribution is 2.26. The second-order valence-corrected chi connectivity index (χ2v) is 5.14. The topological polar surface area (TPSA) is 66.0 Å². The number of methoxy groups -OCH3 is 1. The Labute approximate surface area is 126 Å². The van der Waals surface area contributed by atoms with Crippen molar-refractivity contribution in [3.8, 4) is 5.75 Å². The van der Waals surface area contributed by atoms with Crippen molar-refractivity contribution in [3.05, 3.63) is 41.5 Å². The van der Waals surface area contributed by atoms with Crippen LogP contribution in [0.5, 0.6) is 5.75 Å². The fourth-order valence-corrected chi connectivity index (χ4v) is 2.38. The summed E-state index contributed by atoms with van der Waals surface area (Å²) in [6.07, 6.45) is 1.69. The summed E-state index contributed by atoms with van der Waals surface area (Å²) in [5.74, 6) is 2.70.